The highest BCUT2D eigenvalue weighted by Gasteiger charge is 2.18. The van der Waals surface area contributed by atoms with E-state index in [0.717, 1.165) is 11.1 Å². The van der Waals surface area contributed by atoms with Crippen LogP contribution in [-0.2, 0) is 14.8 Å². The van der Waals surface area contributed by atoms with Gasteiger partial charge in [-0.2, -0.15) is 0 Å². The van der Waals surface area contributed by atoms with Crippen LogP contribution in [0.15, 0.2) is 65.6 Å². The molecule has 9 heteroatoms. The zero-order valence-electron chi connectivity index (χ0n) is 17.6. The molecule has 6 nitrogen and oxygen atoms in total. The Labute approximate surface area is 197 Å². The van der Waals surface area contributed by atoms with Gasteiger partial charge in [0.05, 0.1) is 15.6 Å². The number of sulfonamides is 1. The molecule has 0 spiro atoms. The molecule has 1 amide bonds. The van der Waals surface area contributed by atoms with Gasteiger partial charge in [0, 0.05) is 10.7 Å². The molecule has 0 saturated heterocycles. The number of hydrogen-bond acceptors (Lipinski definition) is 4. The van der Waals surface area contributed by atoms with Gasteiger partial charge in [-0.15, -0.1) is 0 Å². The van der Waals surface area contributed by atoms with Gasteiger partial charge >= 0.3 is 0 Å². The van der Waals surface area contributed by atoms with Crippen LogP contribution in [-0.4, -0.2) is 20.4 Å². The van der Waals surface area contributed by atoms with Crippen LogP contribution in [0, 0.1) is 13.8 Å². The average molecular weight is 493 g/mol. The van der Waals surface area contributed by atoms with E-state index in [2.05, 4.69) is 10.0 Å². The normalized spacial score (nSPS) is 12.2. The first-order chi connectivity index (χ1) is 15.1. The maximum absolute atomic E-state index is 12.6. The number of halogens is 2. The van der Waals surface area contributed by atoms with Crippen LogP contribution in [0.4, 0.5) is 11.4 Å². The van der Waals surface area contributed by atoms with E-state index in [1.165, 1.54) is 42.5 Å². The van der Waals surface area contributed by atoms with Crippen molar-refractivity contribution in [1.82, 2.24) is 0 Å². The predicted octanol–water partition coefficient (Wildman–Crippen LogP) is 5.82. The van der Waals surface area contributed by atoms with Crippen LogP contribution >= 0.6 is 23.2 Å². The molecule has 0 unspecified atom stereocenters. The van der Waals surface area contributed by atoms with Gasteiger partial charge in [-0.25, -0.2) is 8.42 Å². The first kappa shape index (κ1) is 23.9. The number of amides is 1. The Morgan fingerprint density at radius 1 is 1.00 bits per heavy atom. The maximum Gasteiger partial charge on any atom is 0.265 e. The molecule has 0 heterocycles. The minimum absolute atomic E-state index is 0.0150. The highest BCUT2D eigenvalue weighted by Crippen LogP contribution is 2.28. The molecule has 3 aromatic rings. The monoisotopic (exact) mass is 492 g/mol. The van der Waals surface area contributed by atoms with Crippen molar-refractivity contribution in [3.63, 3.8) is 0 Å². The third-order valence-corrected chi connectivity index (χ3v) is 6.76. The summed E-state index contributed by atoms with van der Waals surface area (Å²) in [7, 11) is -3.87. The summed E-state index contributed by atoms with van der Waals surface area (Å²) < 4.78 is 33.5. The summed E-state index contributed by atoms with van der Waals surface area (Å²) in [6, 6.07) is 15.9. The molecular weight excluding hydrogens is 471 g/mol. The summed E-state index contributed by atoms with van der Waals surface area (Å²) in [6.45, 7) is 5.55. The number of ether oxygens (including phenoxy) is 1. The summed E-state index contributed by atoms with van der Waals surface area (Å²) in [6.07, 6.45) is -0.743. The van der Waals surface area contributed by atoms with E-state index in [4.69, 9.17) is 27.9 Å². The summed E-state index contributed by atoms with van der Waals surface area (Å²) >= 11 is 11.9. The number of benzene rings is 3. The number of aryl methyl sites for hydroxylation is 1. The summed E-state index contributed by atoms with van der Waals surface area (Å²) in [5.41, 5.74) is 2.69. The van der Waals surface area contributed by atoms with Gasteiger partial charge in [-0.3, -0.25) is 9.52 Å². The van der Waals surface area contributed by atoms with Crippen molar-refractivity contribution >= 4 is 50.5 Å². The quantitative estimate of drug-likeness (QED) is 0.435. The Kier molecular flexibility index (Phi) is 7.33. The molecule has 32 heavy (non-hydrogen) atoms. The van der Waals surface area contributed by atoms with Crippen molar-refractivity contribution in [2.45, 2.75) is 31.8 Å². The average Bonchev–Trinajstić information content (AvgIpc) is 2.74. The fraction of sp³-hybridized carbons (Fsp3) is 0.174. The van der Waals surface area contributed by atoms with Gasteiger partial charge in [-0.05, 0) is 80.4 Å². The highest BCUT2D eigenvalue weighted by atomic mass is 35.5. The molecule has 2 N–H and O–H groups in total. The van der Waals surface area contributed by atoms with Crippen LogP contribution in [0.1, 0.15) is 18.1 Å². The number of rotatable bonds is 7. The SMILES string of the molecule is Cc1cccc(O[C@@H](C)C(=O)Nc2ccc(S(=O)(=O)Nc3ccc(Cl)cc3Cl)cc2)c1C. The van der Waals surface area contributed by atoms with E-state index in [9.17, 15) is 13.2 Å². The number of nitrogens with one attached hydrogen (secondary N) is 2. The lowest BCUT2D eigenvalue weighted by Gasteiger charge is -2.17. The molecule has 0 bridgehead atoms. The predicted molar refractivity (Wildman–Crippen MR) is 128 cm³/mol. The largest absolute Gasteiger partial charge is 0.481 e. The van der Waals surface area contributed by atoms with Crippen molar-refractivity contribution in [3.05, 3.63) is 81.8 Å². The fourth-order valence-corrected chi connectivity index (χ4v) is 4.42. The molecule has 0 saturated carbocycles. The summed E-state index contributed by atoms with van der Waals surface area (Å²) in [5, 5.41) is 3.30. The lowest BCUT2D eigenvalue weighted by atomic mass is 10.1. The molecule has 168 valence electrons. The second-order valence-electron chi connectivity index (χ2n) is 7.20. The van der Waals surface area contributed by atoms with E-state index < -0.39 is 16.1 Å². The fourth-order valence-electron chi connectivity index (χ4n) is 2.83. The van der Waals surface area contributed by atoms with E-state index in [0.29, 0.717) is 16.5 Å². The van der Waals surface area contributed by atoms with Crippen molar-refractivity contribution in [3.8, 4) is 5.75 Å². The topological polar surface area (TPSA) is 84.5 Å². The third-order valence-electron chi connectivity index (χ3n) is 4.84. The Morgan fingerprint density at radius 3 is 2.34 bits per heavy atom. The molecule has 0 radical (unpaired) electrons. The minimum Gasteiger partial charge on any atom is -0.481 e. The molecule has 0 aliphatic carbocycles. The molecule has 1 atom stereocenters. The standard InChI is InChI=1S/C23H22Cl2N2O4S/c1-14-5-4-6-22(15(14)2)31-16(3)23(28)26-18-8-10-19(11-9-18)32(29,30)27-21-12-7-17(24)13-20(21)25/h4-13,16,27H,1-3H3,(H,26,28)/t16-/m0/s1. The molecule has 3 rings (SSSR count). The zero-order valence-corrected chi connectivity index (χ0v) is 20.0. The number of hydrogen-bond donors (Lipinski definition) is 2. The molecular formula is C23H22Cl2N2O4S. The van der Waals surface area contributed by atoms with Gasteiger partial charge in [0.1, 0.15) is 5.75 Å². The van der Waals surface area contributed by atoms with Crippen molar-refractivity contribution in [2.75, 3.05) is 10.0 Å². The second kappa shape index (κ2) is 9.81. The highest BCUT2D eigenvalue weighted by molar-refractivity contribution is 7.92. The minimum atomic E-state index is -3.87. The van der Waals surface area contributed by atoms with Crippen LogP contribution in [0.3, 0.4) is 0 Å². The maximum atomic E-state index is 12.6. The van der Waals surface area contributed by atoms with Gasteiger partial charge in [0.2, 0.25) is 0 Å². The molecule has 0 aromatic heterocycles. The van der Waals surface area contributed by atoms with E-state index >= 15 is 0 Å². The van der Waals surface area contributed by atoms with Crippen LogP contribution in [0.2, 0.25) is 10.0 Å². The Balaban J connectivity index is 1.67. The van der Waals surface area contributed by atoms with E-state index in [1.807, 2.05) is 32.0 Å². The summed E-state index contributed by atoms with van der Waals surface area (Å²) in [4.78, 5) is 12.5. The number of carbonyl (C=O) groups excluding carboxylic acids is 1. The van der Waals surface area contributed by atoms with Crippen molar-refractivity contribution in [2.24, 2.45) is 0 Å². The van der Waals surface area contributed by atoms with Crippen molar-refractivity contribution < 1.29 is 17.9 Å². The smallest absolute Gasteiger partial charge is 0.265 e. The van der Waals surface area contributed by atoms with E-state index in [-0.39, 0.29) is 21.5 Å². The van der Waals surface area contributed by atoms with E-state index in [1.54, 1.807) is 6.92 Å². The molecule has 3 aromatic carbocycles. The Morgan fingerprint density at radius 2 is 1.69 bits per heavy atom. The van der Waals surface area contributed by atoms with Gasteiger partial charge in [0.25, 0.3) is 15.9 Å². The summed E-state index contributed by atoms with van der Waals surface area (Å²) in [5.74, 6) is 0.286. The van der Waals surface area contributed by atoms with Crippen LogP contribution in [0.25, 0.3) is 0 Å². The van der Waals surface area contributed by atoms with Gasteiger partial charge in [-0.1, -0.05) is 35.3 Å². The lowest BCUT2D eigenvalue weighted by molar-refractivity contribution is -0.122. The van der Waals surface area contributed by atoms with Gasteiger partial charge < -0.3 is 10.1 Å². The second-order valence-corrected chi connectivity index (χ2v) is 9.73. The zero-order chi connectivity index (χ0) is 23.5. The Bertz CT molecular complexity index is 1250. The molecule has 0 fully saturated rings. The van der Waals surface area contributed by atoms with Crippen molar-refractivity contribution in [1.29, 1.82) is 0 Å². The number of anilines is 2. The third kappa shape index (κ3) is 5.73. The van der Waals surface area contributed by atoms with Crippen LogP contribution < -0.4 is 14.8 Å². The van der Waals surface area contributed by atoms with Gasteiger partial charge in [0.15, 0.2) is 6.10 Å². The Hall–Kier alpha value is -2.74. The molecule has 0 aliphatic rings. The first-order valence-corrected chi connectivity index (χ1v) is 11.9. The lowest BCUT2D eigenvalue weighted by Crippen LogP contribution is -2.30. The first-order valence-electron chi connectivity index (χ1n) is 9.68. The van der Waals surface area contributed by atoms with Crippen LogP contribution in [0.5, 0.6) is 5.75 Å². The number of carbonyl (C=O) groups is 1. The molecule has 0 aliphatic heterocycles.